The quantitative estimate of drug-likeness (QED) is 0.889. The number of halogens is 1. The first-order chi connectivity index (χ1) is 9.96. The Morgan fingerprint density at radius 3 is 2.19 bits per heavy atom. The molecule has 0 aromatic carbocycles. The van der Waals surface area contributed by atoms with Gasteiger partial charge in [-0.1, -0.05) is 0 Å². The average molecular weight is 352 g/mol. The molecule has 5 heteroatoms. The number of aromatic nitrogens is 2. The number of amides is 1. The van der Waals surface area contributed by atoms with Crippen molar-refractivity contribution in [3.05, 3.63) is 15.9 Å². The average Bonchev–Trinajstić information content (AvgIpc) is 2.60. The Bertz CT molecular complexity index is 572. The molecule has 1 aromatic rings. The molecule has 1 aromatic heterocycles. The lowest BCUT2D eigenvalue weighted by molar-refractivity contribution is -0.0168. The summed E-state index contributed by atoms with van der Waals surface area (Å²) in [5.74, 6) is 2.56. The lowest BCUT2D eigenvalue weighted by atomic mass is 9.53. The van der Waals surface area contributed by atoms with Crippen LogP contribution in [-0.2, 0) is 7.05 Å². The Hall–Kier alpha value is -0.840. The van der Waals surface area contributed by atoms with E-state index in [-0.39, 0.29) is 11.4 Å². The van der Waals surface area contributed by atoms with Crippen molar-refractivity contribution in [1.29, 1.82) is 0 Å². The van der Waals surface area contributed by atoms with Gasteiger partial charge in [0.2, 0.25) is 0 Å². The minimum absolute atomic E-state index is 0.0342. The number of nitrogens with one attached hydrogen (secondary N) is 1. The van der Waals surface area contributed by atoms with Crippen LogP contribution in [0.2, 0.25) is 0 Å². The molecule has 0 unspecified atom stereocenters. The summed E-state index contributed by atoms with van der Waals surface area (Å²) in [6, 6.07) is 0. The fraction of sp³-hybridized carbons (Fsp3) is 0.750. The summed E-state index contributed by atoms with van der Waals surface area (Å²) in [4.78, 5) is 12.8. The van der Waals surface area contributed by atoms with E-state index in [2.05, 4.69) is 26.3 Å². The first-order valence-electron chi connectivity index (χ1n) is 7.97. The topological polar surface area (TPSA) is 46.9 Å². The Balaban J connectivity index is 1.60. The molecule has 0 radical (unpaired) electrons. The van der Waals surface area contributed by atoms with Gasteiger partial charge in [0.25, 0.3) is 5.91 Å². The molecule has 4 aliphatic carbocycles. The standard InChI is InChI=1S/C16H22BrN3O/c1-9-13(17)14(20(2)19-9)15(21)18-16-6-10-3-11(7-16)5-12(4-10)8-16/h10-12H,3-8H2,1-2H3,(H,18,21). The Labute approximate surface area is 133 Å². The summed E-state index contributed by atoms with van der Waals surface area (Å²) in [5, 5.41) is 7.74. The first-order valence-corrected chi connectivity index (χ1v) is 8.77. The van der Waals surface area contributed by atoms with Crippen molar-refractivity contribution in [3.63, 3.8) is 0 Å². The Morgan fingerprint density at radius 1 is 1.24 bits per heavy atom. The van der Waals surface area contributed by atoms with Gasteiger partial charge in [-0.3, -0.25) is 9.48 Å². The van der Waals surface area contributed by atoms with Gasteiger partial charge in [-0.15, -0.1) is 0 Å². The summed E-state index contributed by atoms with van der Waals surface area (Å²) < 4.78 is 2.52. The van der Waals surface area contributed by atoms with E-state index in [1.165, 1.54) is 38.5 Å². The molecule has 0 spiro atoms. The highest BCUT2D eigenvalue weighted by Gasteiger charge is 2.51. The van der Waals surface area contributed by atoms with E-state index in [9.17, 15) is 4.79 Å². The maximum absolute atomic E-state index is 12.8. The molecule has 0 atom stereocenters. The number of hydrogen-bond donors (Lipinski definition) is 1. The molecule has 114 valence electrons. The van der Waals surface area contributed by atoms with Crippen LogP contribution < -0.4 is 5.32 Å². The Kier molecular flexibility index (Phi) is 3.01. The molecule has 1 heterocycles. The van der Waals surface area contributed by atoms with Crippen LogP contribution in [0.4, 0.5) is 0 Å². The fourth-order valence-electron chi connectivity index (χ4n) is 5.44. The summed E-state index contributed by atoms with van der Waals surface area (Å²) in [5.41, 5.74) is 1.58. The number of hydrogen-bond acceptors (Lipinski definition) is 2. The van der Waals surface area contributed by atoms with Gasteiger partial charge < -0.3 is 5.32 Å². The molecule has 4 nitrogen and oxygen atoms in total. The lowest BCUT2D eigenvalue weighted by Gasteiger charge is -2.56. The third-order valence-corrected chi connectivity index (χ3v) is 6.73. The van der Waals surface area contributed by atoms with E-state index < -0.39 is 0 Å². The zero-order valence-electron chi connectivity index (χ0n) is 12.7. The normalized spacial score (nSPS) is 37.0. The van der Waals surface area contributed by atoms with Crippen LogP contribution in [0.25, 0.3) is 0 Å². The molecule has 0 saturated heterocycles. The predicted molar refractivity (Wildman–Crippen MR) is 84.0 cm³/mol. The van der Waals surface area contributed by atoms with E-state index >= 15 is 0 Å². The first kappa shape index (κ1) is 13.8. The van der Waals surface area contributed by atoms with Crippen molar-refractivity contribution >= 4 is 21.8 Å². The molecule has 5 rings (SSSR count). The third kappa shape index (κ3) is 2.16. The summed E-state index contributed by atoms with van der Waals surface area (Å²) >= 11 is 3.51. The third-order valence-electron chi connectivity index (χ3n) is 5.78. The highest BCUT2D eigenvalue weighted by Crippen LogP contribution is 2.55. The largest absolute Gasteiger partial charge is 0.345 e. The molecule has 1 amide bonds. The van der Waals surface area contributed by atoms with Crippen molar-refractivity contribution in [1.82, 2.24) is 15.1 Å². The van der Waals surface area contributed by atoms with Gasteiger partial charge in [0.1, 0.15) is 5.69 Å². The van der Waals surface area contributed by atoms with Gasteiger partial charge in [-0.2, -0.15) is 5.10 Å². The maximum atomic E-state index is 12.8. The van der Waals surface area contributed by atoms with Crippen LogP contribution in [-0.4, -0.2) is 21.2 Å². The summed E-state index contributed by atoms with van der Waals surface area (Å²) in [6.45, 7) is 1.92. The van der Waals surface area contributed by atoms with Gasteiger partial charge in [0.15, 0.2) is 0 Å². The van der Waals surface area contributed by atoms with E-state index in [1.807, 2.05) is 14.0 Å². The number of nitrogens with zero attached hydrogens (tertiary/aromatic N) is 2. The second-order valence-electron chi connectivity index (χ2n) is 7.52. The smallest absolute Gasteiger partial charge is 0.271 e. The van der Waals surface area contributed by atoms with Crippen molar-refractivity contribution in [2.24, 2.45) is 24.8 Å². The van der Waals surface area contributed by atoms with Crippen LogP contribution in [0.1, 0.15) is 54.7 Å². The summed E-state index contributed by atoms with van der Waals surface area (Å²) in [7, 11) is 1.84. The second-order valence-corrected chi connectivity index (χ2v) is 8.32. The molecular formula is C16H22BrN3O. The molecule has 0 aliphatic heterocycles. The predicted octanol–water partition coefficient (Wildman–Crippen LogP) is 3.19. The van der Waals surface area contributed by atoms with E-state index in [0.717, 1.165) is 27.9 Å². The molecule has 4 bridgehead atoms. The van der Waals surface area contributed by atoms with Gasteiger partial charge in [-0.25, -0.2) is 0 Å². The molecular weight excluding hydrogens is 330 g/mol. The van der Waals surface area contributed by atoms with Gasteiger partial charge in [-0.05, 0) is 79.1 Å². The lowest BCUT2D eigenvalue weighted by Crippen LogP contribution is -2.60. The highest BCUT2D eigenvalue weighted by molar-refractivity contribution is 9.10. The second kappa shape index (κ2) is 4.58. The van der Waals surface area contributed by atoms with Crippen molar-refractivity contribution < 1.29 is 4.79 Å². The van der Waals surface area contributed by atoms with E-state index in [0.29, 0.717) is 5.69 Å². The van der Waals surface area contributed by atoms with Crippen molar-refractivity contribution in [2.45, 2.75) is 51.0 Å². The zero-order chi connectivity index (χ0) is 14.8. The number of carbonyl (C=O) groups is 1. The van der Waals surface area contributed by atoms with Crippen LogP contribution in [0.15, 0.2) is 4.47 Å². The molecule has 1 N–H and O–H groups in total. The molecule has 4 aliphatic rings. The molecule has 21 heavy (non-hydrogen) atoms. The SMILES string of the molecule is Cc1nn(C)c(C(=O)NC23CC4CC(CC(C4)C2)C3)c1Br. The van der Waals surface area contributed by atoms with Gasteiger partial charge >= 0.3 is 0 Å². The van der Waals surface area contributed by atoms with Crippen LogP contribution in [0.5, 0.6) is 0 Å². The monoisotopic (exact) mass is 351 g/mol. The van der Waals surface area contributed by atoms with E-state index in [1.54, 1.807) is 4.68 Å². The van der Waals surface area contributed by atoms with Crippen LogP contribution >= 0.6 is 15.9 Å². The Morgan fingerprint density at radius 2 is 1.76 bits per heavy atom. The maximum Gasteiger partial charge on any atom is 0.271 e. The highest BCUT2D eigenvalue weighted by atomic mass is 79.9. The number of carbonyl (C=O) groups excluding carboxylic acids is 1. The minimum atomic E-state index is 0.0342. The fourth-order valence-corrected chi connectivity index (χ4v) is 5.96. The van der Waals surface area contributed by atoms with Crippen molar-refractivity contribution in [2.75, 3.05) is 0 Å². The van der Waals surface area contributed by atoms with Gasteiger partial charge in [0.05, 0.1) is 10.2 Å². The minimum Gasteiger partial charge on any atom is -0.345 e. The molecule has 4 fully saturated rings. The van der Waals surface area contributed by atoms with Crippen LogP contribution in [0, 0.1) is 24.7 Å². The zero-order valence-corrected chi connectivity index (χ0v) is 14.2. The summed E-state index contributed by atoms with van der Waals surface area (Å²) in [6.07, 6.45) is 7.72. The number of rotatable bonds is 2. The number of aryl methyl sites for hydroxylation is 2. The van der Waals surface area contributed by atoms with Crippen LogP contribution in [0.3, 0.4) is 0 Å². The van der Waals surface area contributed by atoms with Crippen molar-refractivity contribution in [3.8, 4) is 0 Å². The van der Waals surface area contributed by atoms with Gasteiger partial charge in [0, 0.05) is 12.6 Å². The molecule has 4 saturated carbocycles. The van der Waals surface area contributed by atoms with E-state index in [4.69, 9.17) is 0 Å².